The third-order valence-corrected chi connectivity index (χ3v) is 4.08. The number of alkyl halides is 3. The van der Waals surface area contributed by atoms with E-state index in [0.29, 0.717) is 0 Å². The van der Waals surface area contributed by atoms with Gasteiger partial charge in [-0.15, -0.1) is 9.35 Å². The number of hydroxylamine groups is 2. The topological polar surface area (TPSA) is 80.8 Å². The van der Waals surface area contributed by atoms with Crippen LogP contribution in [0.3, 0.4) is 0 Å². The van der Waals surface area contributed by atoms with Gasteiger partial charge in [0.15, 0.2) is 0 Å². The standard InChI is InChI=1S/C5H4Cl3NO5S/c6-5(7,8)15(12,13)14-9-3(10)1-2-4(9)11/h1-2H2. The minimum Gasteiger partial charge on any atom is -0.272 e. The first-order valence-electron chi connectivity index (χ1n) is 3.52. The van der Waals surface area contributed by atoms with Gasteiger partial charge in [-0.1, -0.05) is 34.8 Å². The zero-order chi connectivity index (χ0) is 11.9. The summed E-state index contributed by atoms with van der Waals surface area (Å²) in [5.41, 5.74) is 0. The Morgan fingerprint density at radius 3 is 1.87 bits per heavy atom. The molecule has 1 fully saturated rings. The average molecular weight is 297 g/mol. The highest BCUT2D eigenvalue weighted by Gasteiger charge is 2.45. The molecule has 0 unspecified atom stereocenters. The first-order chi connectivity index (χ1) is 6.65. The minimum atomic E-state index is -4.67. The number of hydrogen-bond acceptors (Lipinski definition) is 5. The summed E-state index contributed by atoms with van der Waals surface area (Å²) in [6.07, 6.45) is -0.261. The Hall–Kier alpha value is -0.0800. The minimum absolute atomic E-state index is 0.0806. The maximum Gasteiger partial charge on any atom is 0.338 e. The van der Waals surface area contributed by atoms with Crippen molar-refractivity contribution in [2.75, 3.05) is 0 Å². The highest BCUT2D eigenvalue weighted by molar-refractivity contribution is 7.92. The predicted octanol–water partition coefficient (Wildman–Crippen LogP) is 0.724. The summed E-state index contributed by atoms with van der Waals surface area (Å²) in [7, 11) is -4.67. The molecule has 1 rings (SSSR count). The summed E-state index contributed by atoms with van der Waals surface area (Å²) >= 11 is 15.2. The van der Waals surface area contributed by atoms with E-state index < -0.39 is 25.1 Å². The molecule has 0 aromatic rings. The Morgan fingerprint density at radius 2 is 1.53 bits per heavy atom. The second-order valence-electron chi connectivity index (χ2n) is 2.56. The molecule has 1 heterocycles. The van der Waals surface area contributed by atoms with E-state index >= 15 is 0 Å². The smallest absolute Gasteiger partial charge is 0.272 e. The largest absolute Gasteiger partial charge is 0.338 e. The van der Waals surface area contributed by atoms with Crippen LogP contribution in [0.5, 0.6) is 0 Å². The second-order valence-corrected chi connectivity index (χ2v) is 7.18. The van der Waals surface area contributed by atoms with Crippen molar-refractivity contribution in [3.63, 3.8) is 0 Å². The molecule has 15 heavy (non-hydrogen) atoms. The van der Waals surface area contributed by atoms with Crippen molar-refractivity contribution in [3.8, 4) is 0 Å². The molecule has 0 aromatic heterocycles. The summed E-state index contributed by atoms with van der Waals surface area (Å²) < 4.78 is 23.6. The van der Waals surface area contributed by atoms with E-state index in [2.05, 4.69) is 4.28 Å². The van der Waals surface area contributed by atoms with E-state index in [1.54, 1.807) is 0 Å². The molecule has 0 aromatic carbocycles. The highest BCUT2D eigenvalue weighted by Crippen LogP contribution is 2.35. The zero-order valence-electron chi connectivity index (χ0n) is 6.94. The molecule has 0 spiro atoms. The van der Waals surface area contributed by atoms with Crippen molar-refractivity contribution < 1.29 is 22.3 Å². The van der Waals surface area contributed by atoms with Crippen LogP contribution in [0.25, 0.3) is 0 Å². The summed E-state index contributed by atoms with van der Waals surface area (Å²) in [5, 5.41) is 0.0806. The van der Waals surface area contributed by atoms with Gasteiger partial charge in [-0.05, 0) is 0 Å². The summed E-state index contributed by atoms with van der Waals surface area (Å²) in [6, 6.07) is 0. The summed E-state index contributed by atoms with van der Waals surface area (Å²) in [4.78, 5) is 22.0. The van der Waals surface area contributed by atoms with E-state index in [0.717, 1.165) is 0 Å². The Morgan fingerprint density at radius 1 is 1.13 bits per heavy atom. The Balaban J connectivity index is 2.87. The fourth-order valence-corrected chi connectivity index (χ4v) is 1.48. The molecule has 0 N–H and O–H groups in total. The van der Waals surface area contributed by atoms with Crippen LogP contribution in [0.1, 0.15) is 12.8 Å². The third-order valence-electron chi connectivity index (χ3n) is 1.46. The first-order valence-corrected chi connectivity index (χ1v) is 6.06. The first kappa shape index (κ1) is 13.0. The lowest BCUT2D eigenvalue weighted by atomic mass is 10.4. The molecule has 0 aliphatic carbocycles. The monoisotopic (exact) mass is 295 g/mol. The Kier molecular flexibility index (Phi) is 3.52. The molecule has 0 atom stereocenters. The van der Waals surface area contributed by atoms with Gasteiger partial charge in [-0.25, -0.2) is 0 Å². The summed E-state index contributed by atoms with van der Waals surface area (Å²) in [5.74, 6) is -1.59. The number of rotatable bonds is 2. The Labute approximate surface area is 100 Å². The van der Waals surface area contributed by atoms with Gasteiger partial charge in [0, 0.05) is 12.8 Å². The quantitative estimate of drug-likeness (QED) is 0.554. The lowest BCUT2D eigenvalue weighted by Crippen LogP contribution is -2.36. The predicted molar refractivity (Wildman–Crippen MR) is 51.4 cm³/mol. The van der Waals surface area contributed by atoms with Gasteiger partial charge in [-0.3, -0.25) is 9.59 Å². The van der Waals surface area contributed by atoms with Crippen molar-refractivity contribution >= 4 is 56.7 Å². The highest BCUT2D eigenvalue weighted by atomic mass is 35.6. The van der Waals surface area contributed by atoms with Gasteiger partial charge < -0.3 is 0 Å². The molecule has 86 valence electrons. The van der Waals surface area contributed by atoms with Crippen LogP contribution in [0.2, 0.25) is 0 Å². The molecule has 6 nitrogen and oxygen atoms in total. The van der Waals surface area contributed by atoms with E-state index in [-0.39, 0.29) is 17.9 Å². The lowest BCUT2D eigenvalue weighted by Gasteiger charge is -2.16. The number of hydrogen-bond donors (Lipinski definition) is 0. The van der Waals surface area contributed by atoms with Gasteiger partial charge >= 0.3 is 13.2 Å². The van der Waals surface area contributed by atoms with Crippen LogP contribution in [0, 0.1) is 0 Å². The SMILES string of the molecule is O=C1CCC(=O)N1OS(=O)(=O)C(Cl)(Cl)Cl. The molecule has 1 aliphatic rings. The lowest BCUT2D eigenvalue weighted by molar-refractivity contribution is -0.163. The van der Waals surface area contributed by atoms with Crippen LogP contribution in [0.4, 0.5) is 0 Å². The van der Waals surface area contributed by atoms with Crippen molar-refractivity contribution in [3.05, 3.63) is 0 Å². The number of carbonyl (C=O) groups excluding carboxylic acids is 2. The van der Waals surface area contributed by atoms with Crippen LogP contribution >= 0.6 is 34.8 Å². The average Bonchev–Trinajstić information content (AvgIpc) is 2.33. The maximum atomic E-state index is 11.1. The van der Waals surface area contributed by atoms with E-state index in [4.69, 9.17) is 34.8 Å². The van der Waals surface area contributed by atoms with Gasteiger partial charge in [0.2, 0.25) is 0 Å². The molecule has 1 aliphatic heterocycles. The number of amides is 2. The van der Waals surface area contributed by atoms with Crippen molar-refractivity contribution in [1.82, 2.24) is 5.06 Å². The molecular formula is C5H4Cl3NO5S. The van der Waals surface area contributed by atoms with Crippen LogP contribution in [-0.2, 0) is 24.0 Å². The fraction of sp³-hybridized carbons (Fsp3) is 0.600. The molecule has 1 saturated heterocycles. The number of imide groups is 1. The van der Waals surface area contributed by atoms with Gasteiger partial charge in [-0.2, -0.15) is 8.42 Å². The zero-order valence-corrected chi connectivity index (χ0v) is 10.0. The van der Waals surface area contributed by atoms with E-state index in [9.17, 15) is 18.0 Å². The number of carbonyl (C=O) groups is 2. The van der Waals surface area contributed by atoms with Crippen LogP contribution in [-0.4, -0.2) is 28.4 Å². The summed E-state index contributed by atoms with van der Waals surface area (Å²) in [6.45, 7) is 0. The molecular weight excluding hydrogens is 292 g/mol. The maximum absolute atomic E-state index is 11.1. The molecule has 0 radical (unpaired) electrons. The normalized spacial score (nSPS) is 18.7. The van der Waals surface area contributed by atoms with E-state index in [1.165, 1.54) is 0 Å². The van der Waals surface area contributed by atoms with Crippen molar-refractivity contribution in [1.29, 1.82) is 0 Å². The molecule has 0 bridgehead atoms. The van der Waals surface area contributed by atoms with Crippen LogP contribution < -0.4 is 0 Å². The molecule has 0 saturated carbocycles. The van der Waals surface area contributed by atoms with Gasteiger partial charge in [0.1, 0.15) is 0 Å². The number of nitrogens with zero attached hydrogens (tertiary/aromatic N) is 1. The molecule has 2 amide bonds. The molecule has 10 heteroatoms. The van der Waals surface area contributed by atoms with E-state index in [1.807, 2.05) is 0 Å². The van der Waals surface area contributed by atoms with Crippen molar-refractivity contribution in [2.45, 2.75) is 16.0 Å². The van der Waals surface area contributed by atoms with Crippen molar-refractivity contribution in [2.24, 2.45) is 0 Å². The van der Waals surface area contributed by atoms with Crippen LogP contribution in [0.15, 0.2) is 0 Å². The number of halogens is 3. The van der Waals surface area contributed by atoms with Gasteiger partial charge in [0.25, 0.3) is 11.8 Å². The Bertz CT molecular complexity index is 383. The third kappa shape index (κ3) is 2.73. The fourth-order valence-electron chi connectivity index (χ4n) is 0.780. The second kappa shape index (κ2) is 4.06. The van der Waals surface area contributed by atoms with Gasteiger partial charge in [0.05, 0.1) is 0 Å².